The van der Waals surface area contributed by atoms with Gasteiger partial charge in [-0.3, -0.25) is 19.3 Å². The second-order valence-electron chi connectivity index (χ2n) is 5.61. The van der Waals surface area contributed by atoms with E-state index >= 15 is 0 Å². The molecule has 0 aromatic heterocycles. The summed E-state index contributed by atoms with van der Waals surface area (Å²) < 4.78 is 0. The molecule has 0 heterocycles. The summed E-state index contributed by atoms with van der Waals surface area (Å²) in [6.07, 6.45) is 0. The Labute approximate surface area is 155 Å². The van der Waals surface area contributed by atoms with E-state index in [2.05, 4.69) is 6.58 Å². The van der Waals surface area contributed by atoms with Crippen molar-refractivity contribution in [2.45, 2.75) is 34.6 Å². The molecular weight excluding hydrogens is 326 g/mol. The van der Waals surface area contributed by atoms with Crippen LogP contribution in [0.1, 0.15) is 45.0 Å². The minimum Gasteiger partial charge on any atom is -0.289 e. The van der Waals surface area contributed by atoms with Gasteiger partial charge in [0, 0.05) is 19.4 Å². The van der Waals surface area contributed by atoms with E-state index in [9.17, 15) is 14.4 Å². The standard InChI is InChI=1S/C20H19NO3.C2H6/c1-13(2)20(24)18-7-5-16(6-8-18)17-9-11-19(12-10-17)21(14(3)22)15(4)23;1-2/h5-12H,1H2,2-4H3;1-2H3. The smallest absolute Gasteiger partial charge is 0.230 e. The summed E-state index contributed by atoms with van der Waals surface area (Å²) in [6.45, 7) is 12.1. The minimum atomic E-state index is -0.321. The monoisotopic (exact) mass is 351 g/mol. The Balaban J connectivity index is 0.00000163. The van der Waals surface area contributed by atoms with Gasteiger partial charge >= 0.3 is 0 Å². The Bertz CT molecular complexity index is 788. The molecule has 0 spiro atoms. The molecule has 4 heteroatoms. The van der Waals surface area contributed by atoms with Crippen LogP contribution in [0.15, 0.2) is 60.7 Å². The number of benzene rings is 2. The number of carbonyl (C=O) groups excluding carboxylic acids is 3. The number of hydrogen-bond donors (Lipinski definition) is 0. The fourth-order valence-electron chi connectivity index (χ4n) is 2.45. The van der Waals surface area contributed by atoms with Gasteiger partial charge in [-0.15, -0.1) is 0 Å². The van der Waals surface area contributed by atoms with Gasteiger partial charge < -0.3 is 0 Å². The van der Waals surface area contributed by atoms with Crippen molar-refractivity contribution >= 4 is 23.3 Å². The molecule has 0 radical (unpaired) electrons. The lowest BCUT2D eigenvalue weighted by Gasteiger charge is -2.17. The molecule has 26 heavy (non-hydrogen) atoms. The van der Waals surface area contributed by atoms with Crippen LogP contribution in [-0.4, -0.2) is 17.6 Å². The fourth-order valence-corrected chi connectivity index (χ4v) is 2.45. The number of imide groups is 1. The molecule has 0 fully saturated rings. The summed E-state index contributed by atoms with van der Waals surface area (Å²) in [5, 5.41) is 0. The number of nitrogens with zero attached hydrogens (tertiary/aromatic N) is 1. The zero-order valence-corrected chi connectivity index (χ0v) is 16.0. The Hall–Kier alpha value is -3.01. The van der Waals surface area contributed by atoms with E-state index < -0.39 is 0 Å². The topological polar surface area (TPSA) is 54.5 Å². The van der Waals surface area contributed by atoms with Crippen LogP contribution in [0.5, 0.6) is 0 Å². The Morgan fingerprint density at radius 1 is 0.731 bits per heavy atom. The highest BCUT2D eigenvalue weighted by atomic mass is 16.2. The Kier molecular flexibility index (Phi) is 7.66. The SMILES string of the molecule is C=C(C)C(=O)c1ccc(-c2ccc(N(C(C)=O)C(C)=O)cc2)cc1.CC. The first-order valence-corrected chi connectivity index (χ1v) is 8.53. The zero-order valence-electron chi connectivity index (χ0n) is 16.0. The van der Waals surface area contributed by atoms with E-state index in [1.807, 2.05) is 38.1 Å². The van der Waals surface area contributed by atoms with Gasteiger partial charge in [0.25, 0.3) is 0 Å². The molecule has 0 N–H and O–H groups in total. The van der Waals surface area contributed by atoms with Gasteiger partial charge in [-0.25, -0.2) is 0 Å². The maximum Gasteiger partial charge on any atom is 0.230 e. The van der Waals surface area contributed by atoms with Gasteiger partial charge in [-0.2, -0.15) is 0 Å². The van der Waals surface area contributed by atoms with E-state index in [-0.39, 0.29) is 17.6 Å². The molecular formula is C22H25NO3. The normalized spacial score (nSPS) is 9.58. The van der Waals surface area contributed by atoms with Crippen molar-refractivity contribution in [3.8, 4) is 11.1 Å². The maximum absolute atomic E-state index is 11.9. The van der Waals surface area contributed by atoms with E-state index in [0.717, 1.165) is 16.0 Å². The van der Waals surface area contributed by atoms with Crippen LogP contribution in [0.4, 0.5) is 5.69 Å². The van der Waals surface area contributed by atoms with Gasteiger partial charge in [0.2, 0.25) is 11.8 Å². The maximum atomic E-state index is 11.9. The Morgan fingerprint density at radius 2 is 1.12 bits per heavy atom. The molecule has 2 aromatic rings. The van der Waals surface area contributed by atoms with Gasteiger partial charge in [-0.1, -0.05) is 56.8 Å². The molecule has 2 aromatic carbocycles. The van der Waals surface area contributed by atoms with Crippen LogP contribution in [0.25, 0.3) is 11.1 Å². The van der Waals surface area contributed by atoms with Crippen molar-refractivity contribution in [2.24, 2.45) is 0 Å². The van der Waals surface area contributed by atoms with Gasteiger partial charge in [0.05, 0.1) is 5.69 Å². The van der Waals surface area contributed by atoms with Gasteiger partial charge in [0.15, 0.2) is 5.78 Å². The molecule has 2 rings (SSSR count). The number of carbonyl (C=O) groups is 3. The summed E-state index contributed by atoms with van der Waals surface area (Å²) in [6, 6.07) is 14.4. The van der Waals surface area contributed by atoms with Gasteiger partial charge in [-0.05, 0) is 35.8 Å². The molecule has 0 unspecified atom stereocenters. The van der Waals surface area contributed by atoms with Crippen molar-refractivity contribution in [2.75, 3.05) is 4.90 Å². The summed E-state index contributed by atoms with van der Waals surface area (Å²) >= 11 is 0. The highest BCUT2D eigenvalue weighted by Gasteiger charge is 2.16. The molecule has 136 valence electrons. The number of amides is 2. The van der Waals surface area contributed by atoms with Crippen LogP contribution in [0.2, 0.25) is 0 Å². The lowest BCUT2D eigenvalue weighted by Crippen LogP contribution is -2.32. The van der Waals surface area contributed by atoms with E-state index in [0.29, 0.717) is 16.8 Å². The predicted molar refractivity (Wildman–Crippen MR) is 106 cm³/mol. The first-order chi connectivity index (χ1) is 12.3. The molecule has 0 aliphatic rings. The molecule has 0 aliphatic carbocycles. The van der Waals surface area contributed by atoms with E-state index in [1.165, 1.54) is 13.8 Å². The van der Waals surface area contributed by atoms with E-state index in [1.54, 1.807) is 31.2 Å². The first-order valence-electron chi connectivity index (χ1n) is 8.53. The number of anilines is 1. The largest absolute Gasteiger partial charge is 0.289 e. The zero-order chi connectivity index (χ0) is 19.9. The van der Waals surface area contributed by atoms with Crippen molar-refractivity contribution in [3.63, 3.8) is 0 Å². The molecule has 0 aliphatic heterocycles. The minimum absolute atomic E-state index is 0.0737. The lowest BCUT2D eigenvalue weighted by molar-refractivity contribution is -0.124. The second-order valence-corrected chi connectivity index (χ2v) is 5.61. The number of hydrogen-bond acceptors (Lipinski definition) is 3. The van der Waals surface area contributed by atoms with Crippen LogP contribution in [-0.2, 0) is 9.59 Å². The Morgan fingerprint density at radius 3 is 1.46 bits per heavy atom. The number of Topliss-reactive ketones (excluding diaryl/α,β-unsaturated/α-hetero) is 1. The third-order valence-corrected chi connectivity index (χ3v) is 3.62. The summed E-state index contributed by atoms with van der Waals surface area (Å²) in [5.41, 5.74) is 3.51. The summed E-state index contributed by atoms with van der Waals surface area (Å²) in [7, 11) is 0. The quantitative estimate of drug-likeness (QED) is 0.573. The molecule has 4 nitrogen and oxygen atoms in total. The molecule has 0 atom stereocenters. The number of rotatable bonds is 4. The molecule has 0 bridgehead atoms. The van der Waals surface area contributed by atoms with Crippen LogP contribution >= 0.6 is 0 Å². The highest BCUT2D eigenvalue weighted by molar-refractivity contribution is 6.13. The van der Waals surface area contributed by atoms with Crippen LogP contribution < -0.4 is 4.90 Å². The molecule has 0 saturated heterocycles. The van der Waals surface area contributed by atoms with Crippen LogP contribution in [0.3, 0.4) is 0 Å². The fraction of sp³-hybridized carbons (Fsp3) is 0.227. The highest BCUT2D eigenvalue weighted by Crippen LogP contribution is 2.24. The molecule has 2 amide bonds. The van der Waals surface area contributed by atoms with E-state index in [4.69, 9.17) is 0 Å². The second kappa shape index (κ2) is 9.47. The predicted octanol–water partition coefficient (Wildman–Crippen LogP) is 5.04. The summed E-state index contributed by atoms with van der Waals surface area (Å²) in [4.78, 5) is 36.1. The average molecular weight is 351 g/mol. The van der Waals surface area contributed by atoms with Crippen molar-refractivity contribution in [3.05, 3.63) is 66.2 Å². The number of allylic oxidation sites excluding steroid dienone is 1. The molecule has 0 saturated carbocycles. The first kappa shape index (κ1) is 21.0. The third kappa shape index (κ3) is 4.99. The third-order valence-electron chi connectivity index (χ3n) is 3.62. The lowest BCUT2D eigenvalue weighted by atomic mass is 10.0. The van der Waals surface area contributed by atoms with Gasteiger partial charge in [0.1, 0.15) is 0 Å². The summed E-state index contributed by atoms with van der Waals surface area (Å²) in [5.74, 6) is -0.716. The van der Waals surface area contributed by atoms with Crippen molar-refractivity contribution in [1.29, 1.82) is 0 Å². The van der Waals surface area contributed by atoms with Crippen molar-refractivity contribution in [1.82, 2.24) is 0 Å². The number of ketones is 1. The average Bonchev–Trinajstić information content (AvgIpc) is 2.63. The van der Waals surface area contributed by atoms with Crippen LogP contribution in [0, 0.1) is 0 Å². The van der Waals surface area contributed by atoms with Crippen molar-refractivity contribution < 1.29 is 14.4 Å².